The van der Waals surface area contributed by atoms with E-state index in [0.717, 1.165) is 25.1 Å². The highest BCUT2D eigenvalue weighted by Crippen LogP contribution is 2.10. The molecule has 1 unspecified atom stereocenters. The van der Waals surface area contributed by atoms with Crippen molar-refractivity contribution in [2.24, 2.45) is 0 Å². The first-order chi connectivity index (χ1) is 7.22. The van der Waals surface area contributed by atoms with Gasteiger partial charge in [0.2, 0.25) is 0 Å². The van der Waals surface area contributed by atoms with Gasteiger partial charge < -0.3 is 15.2 Å². The summed E-state index contributed by atoms with van der Waals surface area (Å²) in [6, 6.07) is 7.72. The Labute approximate surface area is 91.1 Å². The maximum absolute atomic E-state index is 9.27. The van der Waals surface area contributed by atoms with Crippen molar-refractivity contribution < 1.29 is 9.84 Å². The Hall–Kier alpha value is -1.06. The first kappa shape index (κ1) is 12.0. The van der Waals surface area contributed by atoms with Gasteiger partial charge in [-0.2, -0.15) is 0 Å². The zero-order valence-corrected chi connectivity index (χ0v) is 9.36. The second-order valence-corrected chi connectivity index (χ2v) is 3.73. The highest BCUT2D eigenvalue weighted by atomic mass is 16.5. The number of phenols is 1. The minimum Gasteiger partial charge on any atom is -0.508 e. The lowest BCUT2D eigenvalue weighted by atomic mass is 10.2. The lowest BCUT2D eigenvalue weighted by molar-refractivity contribution is 0.184. The summed E-state index contributed by atoms with van der Waals surface area (Å²) in [6.45, 7) is 3.68. The molecule has 0 heterocycles. The van der Waals surface area contributed by atoms with Gasteiger partial charge in [0.25, 0.3) is 0 Å². The van der Waals surface area contributed by atoms with Crippen LogP contribution in [0.25, 0.3) is 0 Å². The van der Waals surface area contributed by atoms with Crippen LogP contribution in [0.1, 0.15) is 18.9 Å². The van der Waals surface area contributed by atoms with Crippen molar-refractivity contribution in [3.63, 3.8) is 0 Å². The average molecular weight is 209 g/mol. The van der Waals surface area contributed by atoms with Crippen LogP contribution in [0.2, 0.25) is 0 Å². The van der Waals surface area contributed by atoms with Crippen molar-refractivity contribution in [1.82, 2.24) is 5.32 Å². The summed E-state index contributed by atoms with van der Waals surface area (Å²) in [6.07, 6.45) is 0.995. The number of phenolic OH excluding ortho intramolecular Hbond substituents is 1. The third-order valence-corrected chi connectivity index (χ3v) is 2.32. The smallest absolute Gasteiger partial charge is 0.115 e. The molecule has 0 saturated carbocycles. The highest BCUT2D eigenvalue weighted by Gasteiger charge is 2.01. The number of rotatable bonds is 6. The number of nitrogens with one attached hydrogen (secondary N) is 1. The Balaban J connectivity index is 2.30. The van der Waals surface area contributed by atoms with Crippen molar-refractivity contribution in [3.8, 4) is 5.75 Å². The van der Waals surface area contributed by atoms with E-state index in [1.807, 2.05) is 12.1 Å². The van der Waals surface area contributed by atoms with Gasteiger partial charge in [-0.1, -0.05) is 12.1 Å². The molecule has 0 amide bonds. The van der Waals surface area contributed by atoms with Crippen molar-refractivity contribution in [2.75, 3.05) is 13.7 Å². The molecular formula is C12H19NO2. The molecule has 84 valence electrons. The number of hydrogen-bond donors (Lipinski definition) is 2. The minimum atomic E-state index is 0.318. The van der Waals surface area contributed by atoms with Gasteiger partial charge in [0.1, 0.15) is 5.75 Å². The normalized spacial score (nSPS) is 12.7. The van der Waals surface area contributed by atoms with Crippen LogP contribution in [0.3, 0.4) is 0 Å². The Morgan fingerprint density at radius 1 is 1.47 bits per heavy atom. The number of hydrogen-bond acceptors (Lipinski definition) is 3. The molecule has 0 fully saturated rings. The number of aromatic hydroxyl groups is 1. The van der Waals surface area contributed by atoms with E-state index in [2.05, 4.69) is 12.2 Å². The molecule has 0 radical (unpaired) electrons. The standard InChI is InChI=1S/C12H19NO2/c1-10(6-7-15-2)13-9-11-4-3-5-12(14)8-11/h3-5,8,10,13-14H,6-7,9H2,1-2H3. The van der Waals surface area contributed by atoms with Gasteiger partial charge in [-0.15, -0.1) is 0 Å². The number of benzene rings is 1. The molecule has 0 aliphatic heterocycles. The lowest BCUT2D eigenvalue weighted by Gasteiger charge is -2.13. The Kier molecular flexibility index (Phi) is 5.15. The van der Waals surface area contributed by atoms with Crippen LogP contribution < -0.4 is 5.32 Å². The van der Waals surface area contributed by atoms with Gasteiger partial charge in [-0.05, 0) is 31.0 Å². The largest absolute Gasteiger partial charge is 0.508 e. The zero-order chi connectivity index (χ0) is 11.1. The molecule has 0 aliphatic rings. The van der Waals surface area contributed by atoms with E-state index in [4.69, 9.17) is 4.74 Å². The summed E-state index contributed by atoms with van der Waals surface area (Å²) >= 11 is 0. The van der Waals surface area contributed by atoms with Gasteiger partial charge in [0, 0.05) is 26.3 Å². The third-order valence-electron chi connectivity index (χ3n) is 2.32. The fraction of sp³-hybridized carbons (Fsp3) is 0.500. The van der Waals surface area contributed by atoms with E-state index in [-0.39, 0.29) is 0 Å². The minimum absolute atomic E-state index is 0.318. The molecule has 0 saturated heterocycles. The topological polar surface area (TPSA) is 41.5 Å². The first-order valence-corrected chi connectivity index (χ1v) is 5.22. The van der Waals surface area contributed by atoms with E-state index in [0.29, 0.717) is 11.8 Å². The molecule has 0 aromatic heterocycles. The molecule has 0 bridgehead atoms. The van der Waals surface area contributed by atoms with Gasteiger partial charge in [-0.3, -0.25) is 0 Å². The summed E-state index contributed by atoms with van der Waals surface area (Å²) in [5, 5.41) is 12.6. The molecule has 15 heavy (non-hydrogen) atoms. The average Bonchev–Trinajstić information content (AvgIpc) is 2.23. The highest BCUT2D eigenvalue weighted by molar-refractivity contribution is 5.26. The molecule has 3 nitrogen and oxygen atoms in total. The Morgan fingerprint density at radius 2 is 2.27 bits per heavy atom. The summed E-state index contributed by atoms with van der Waals surface area (Å²) in [5.74, 6) is 0.318. The van der Waals surface area contributed by atoms with E-state index in [1.165, 1.54) is 0 Å². The van der Waals surface area contributed by atoms with Crippen LogP contribution in [0.4, 0.5) is 0 Å². The van der Waals surface area contributed by atoms with E-state index < -0.39 is 0 Å². The first-order valence-electron chi connectivity index (χ1n) is 5.22. The van der Waals surface area contributed by atoms with Crippen LogP contribution in [0.5, 0.6) is 5.75 Å². The monoisotopic (exact) mass is 209 g/mol. The molecule has 1 aromatic rings. The zero-order valence-electron chi connectivity index (χ0n) is 9.36. The van der Waals surface area contributed by atoms with Crippen LogP contribution >= 0.6 is 0 Å². The van der Waals surface area contributed by atoms with Crippen molar-refractivity contribution >= 4 is 0 Å². The van der Waals surface area contributed by atoms with Crippen molar-refractivity contribution in [2.45, 2.75) is 25.9 Å². The fourth-order valence-corrected chi connectivity index (χ4v) is 1.36. The van der Waals surface area contributed by atoms with E-state index in [1.54, 1.807) is 19.2 Å². The van der Waals surface area contributed by atoms with Crippen molar-refractivity contribution in [1.29, 1.82) is 0 Å². The summed E-state index contributed by atoms with van der Waals surface area (Å²) in [7, 11) is 1.71. The summed E-state index contributed by atoms with van der Waals surface area (Å²) < 4.78 is 5.00. The molecule has 1 rings (SSSR count). The molecule has 0 spiro atoms. The van der Waals surface area contributed by atoms with Crippen molar-refractivity contribution in [3.05, 3.63) is 29.8 Å². The Morgan fingerprint density at radius 3 is 2.93 bits per heavy atom. The molecule has 0 aliphatic carbocycles. The second kappa shape index (κ2) is 6.43. The quantitative estimate of drug-likeness (QED) is 0.752. The second-order valence-electron chi connectivity index (χ2n) is 3.73. The summed E-state index contributed by atoms with van der Waals surface area (Å²) in [4.78, 5) is 0. The van der Waals surface area contributed by atoms with Crippen LogP contribution in [0.15, 0.2) is 24.3 Å². The molecule has 1 aromatic carbocycles. The molecular weight excluding hydrogens is 190 g/mol. The lowest BCUT2D eigenvalue weighted by Crippen LogP contribution is -2.26. The number of methoxy groups -OCH3 is 1. The fourth-order valence-electron chi connectivity index (χ4n) is 1.36. The van der Waals surface area contributed by atoms with Crippen LogP contribution in [-0.4, -0.2) is 24.9 Å². The molecule has 3 heteroatoms. The third kappa shape index (κ3) is 4.81. The Bertz CT molecular complexity index is 289. The van der Waals surface area contributed by atoms with Gasteiger partial charge in [0.05, 0.1) is 0 Å². The SMILES string of the molecule is COCCC(C)NCc1cccc(O)c1. The van der Waals surface area contributed by atoms with Gasteiger partial charge in [0.15, 0.2) is 0 Å². The summed E-state index contributed by atoms with van der Waals surface area (Å²) in [5.41, 5.74) is 1.10. The van der Waals surface area contributed by atoms with Crippen LogP contribution in [0, 0.1) is 0 Å². The van der Waals surface area contributed by atoms with Gasteiger partial charge >= 0.3 is 0 Å². The molecule has 2 N–H and O–H groups in total. The van der Waals surface area contributed by atoms with Crippen LogP contribution in [-0.2, 0) is 11.3 Å². The predicted molar refractivity (Wildman–Crippen MR) is 60.9 cm³/mol. The molecule has 1 atom stereocenters. The maximum Gasteiger partial charge on any atom is 0.115 e. The maximum atomic E-state index is 9.27. The van der Waals surface area contributed by atoms with Gasteiger partial charge in [-0.25, -0.2) is 0 Å². The van der Waals surface area contributed by atoms with E-state index >= 15 is 0 Å². The van der Waals surface area contributed by atoms with E-state index in [9.17, 15) is 5.11 Å². The predicted octanol–water partition coefficient (Wildman–Crippen LogP) is 1.91. The number of ether oxygens (including phenoxy) is 1.